The summed E-state index contributed by atoms with van der Waals surface area (Å²) >= 11 is 0. The van der Waals surface area contributed by atoms with E-state index >= 15 is 0 Å². The van der Waals surface area contributed by atoms with Gasteiger partial charge in [-0.15, -0.1) is 0 Å². The zero-order valence-electron chi connectivity index (χ0n) is 17.5. The maximum absolute atomic E-state index is 13.9. The van der Waals surface area contributed by atoms with Gasteiger partial charge in [-0.2, -0.15) is 13.2 Å². The molecule has 0 atom stereocenters. The molecule has 30 heavy (non-hydrogen) atoms. The fourth-order valence-electron chi connectivity index (χ4n) is 1.95. The summed E-state index contributed by atoms with van der Waals surface area (Å²) in [7, 11) is 0. The molecule has 0 aliphatic carbocycles. The number of benzene rings is 1. The van der Waals surface area contributed by atoms with Gasteiger partial charge in [0.25, 0.3) is 0 Å². The summed E-state index contributed by atoms with van der Waals surface area (Å²) < 4.78 is 62.6. The third-order valence-electron chi connectivity index (χ3n) is 3.02. The van der Waals surface area contributed by atoms with Gasteiger partial charge in [0.15, 0.2) is 0 Å². The first-order valence-electron chi connectivity index (χ1n) is 8.86. The maximum Gasteiger partial charge on any atom is 0.416 e. The Morgan fingerprint density at radius 2 is 1.40 bits per heavy atom. The van der Waals surface area contributed by atoms with Gasteiger partial charge in [-0.25, -0.2) is 19.0 Å². The highest BCUT2D eigenvalue weighted by Gasteiger charge is 2.31. The van der Waals surface area contributed by atoms with Crippen LogP contribution in [-0.2, 0) is 22.2 Å². The lowest BCUT2D eigenvalue weighted by atomic mass is 10.1. The maximum atomic E-state index is 13.9. The van der Waals surface area contributed by atoms with Crippen LogP contribution in [0, 0.1) is 5.82 Å². The van der Waals surface area contributed by atoms with Crippen LogP contribution in [0.4, 0.5) is 27.2 Å². The van der Waals surface area contributed by atoms with Crippen LogP contribution >= 0.6 is 0 Å². The minimum Gasteiger partial charge on any atom is -0.444 e. The third kappa shape index (κ3) is 9.57. The lowest BCUT2D eigenvalue weighted by Crippen LogP contribution is -2.47. The van der Waals surface area contributed by atoms with E-state index < -0.39 is 53.4 Å². The first-order chi connectivity index (χ1) is 13.5. The van der Waals surface area contributed by atoms with Gasteiger partial charge in [0, 0.05) is 5.56 Å². The van der Waals surface area contributed by atoms with Crippen molar-refractivity contribution in [3.05, 3.63) is 35.1 Å². The number of rotatable bonds is 2. The van der Waals surface area contributed by atoms with Crippen molar-refractivity contribution in [1.29, 1.82) is 0 Å². The number of amides is 2. The van der Waals surface area contributed by atoms with Crippen molar-refractivity contribution in [2.75, 3.05) is 0 Å². The van der Waals surface area contributed by atoms with Crippen LogP contribution in [0.3, 0.4) is 0 Å². The molecule has 1 aromatic rings. The van der Waals surface area contributed by atoms with Crippen molar-refractivity contribution in [3.8, 4) is 0 Å². The van der Waals surface area contributed by atoms with Crippen LogP contribution in [0.15, 0.2) is 23.2 Å². The van der Waals surface area contributed by atoms with Crippen LogP contribution in [0.25, 0.3) is 0 Å². The molecule has 0 unspecified atom stereocenters. The summed E-state index contributed by atoms with van der Waals surface area (Å²) in [4.78, 5) is 27.7. The summed E-state index contributed by atoms with van der Waals surface area (Å²) in [5.74, 6) is -1.41. The number of hydrogen-bond acceptors (Lipinski definition) is 5. The fraction of sp³-hybridized carbons (Fsp3) is 0.526. The number of guanidine groups is 1. The fourth-order valence-corrected chi connectivity index (χ4v) is 1.95. The van der Waals surface area contributed by atoms with Crippen molar-refractivity contribution >= 4 is 18.1 Å². The average Bonchev–Trinajstić information content (AvgIpc) is 2.48. The van der Waals surface area contributed by atoms with E-state index in [4.69, 9.17) is 9.47 Å². The van der Waals surface area contributed by atoms with Gasteiger partial charge >= 0.3 is 18.4 Å². The summed E-state index contributed by atoms with van der Waals surface area (Å²) in [6, 6.07) is 1.86. The van der Waals surface area contributed by atoms with E-state index in [1.807, 2.05) is 0 Å². The molecule has 1 rings (SSSR count). The van der Waals surface area contributed by atoms with Crippen molar-refractivity contribution in [1.82, 2.24) is 10.6 Å². The van der Waals surface area contributed by atoms with Gasteiger partial charge < -0.3 is 9.47 Å². The lowest BCUT2D eigenvalue weighted by molar-refractivity contribution is -0.137. The second kappa shape index (κ2) is 9.31. The quantitative estimate of drug-likeness (QED) is 0.399. The second-order valence-corrected chi connectivity index (χ2v) is 8.22. The van der Waals surface area contributed by atoms with Crippen molar-refractivity contribution in [3.63, 3.8) is 0 Å². The molecular weight excluding hydrogens is 410 g/mol. The zero-order chi connectivity index (χ0) is 23.3. The van der Waals surface area contributed by atoms with Gasteiger partial charge in [-0.05, 0) is 59.7 Å². The summed E-state index contributed by atoms with van der Waals surface area (Å²) in [5.41, 5.74) is -3.18. The number of alkyl carbamates (subject to hydrolysis) is 2. The molecule has 2 amide bonds. The van der Waals surface area contributed by atoms with E-state index in [0.717, 1.165) is 0 Å². The SMILES string of the molecule is CC(C)(C)OC(=O)NC(=NCc1cc(C(F)(F)F)ccc1F)NC(=O)OC(C)(C)C. The zero-order valence-corrected chi connectivity index (χ0v) is 17.5. The van der Waals surface area contributed by atoms with Crippen molar-refractivity contribution in [2.45, 2.75) is 65.5 Å². The van der Waals surface area contributed by atoms with Gasteiger partial charge in [-0.3, -0.25) is 10.6 Å². The molecule has 0 fully saturated rings. The predicted molar refractivity (Wildman–Crippen MR) is 101 cm³/mol. The van der Waals surface area contributed by atoms with Crippen LogP contribution in [0.2, 0.25) is 0 Å². The van der Waals surface area contributed by atoms with Gasteiger partial charge in [0.1, 0.15) is 17.0 Å². The number of hydrogen-bond donors (Lipinski definition) is 2. The number of nitrogens with zero attached hydrogens (tertiary/aromatic N) is 1. The molecule has 0 radical (unpaired) electrons. The van der Waals surface area contributed by atoms with Gasteiger partial charge in [0.05, 0.1) is 12.1 Å². The number of aliphatic imine (C=N–C) groups is 1. The molecule has 0 aliphatic heterocycles. The van der Waals surface area contributed by atoms with Crippen LogP contribution in [-0.4, -0.2) is 29.3 Å². The Balaban J connectivity index is 3.10. The largest absolute Gasteiger partial charge is 0.444 e. The van der Waals surface area contributed by atoms with Crippen LogP contribution in [0.5, 0.6) is 0 Å². The Morgan fingerprint density at radius 1 is 0.933 bits per heavy atom. The topological polar surface area (TPSA) is 89.0 Å². The van der Waals surface area contributed by atoms with E-state index in [1.165, 1.54) is 0 Å². The molecule has 168 valence electrons. The predicted octanol–water partition coefficient (Wildman–Crippen LogP) is 4.75. The molecular formula is C19H25F4N3O4. The number of nitrogens with one attached hydrogen (secondary N) is 2. The monoisotopic (exact) mass is 435 g/mol. The number of halogens is 4. The minimum atomic E-state index is -4.67. The van der Waals surface area contributed by atoms with Gasteiger partial charge in [0.2, 0.25) is 5.96 Å². The van der Waals surface area contributed by atoms with E-state index in [2.05, 4.69) is 15.6 Å². The molecule has 1 aromatic carbocycles. The highest BCUT2D eigenvalue weighted by molar-refractivity contribution is 6.01. The highest BCUT2D eigenvalue weighted by atomic mass is 19.4. The highest BCUT2D eigenvalue weighted by Crippen LogP contribution is 2.30. The Kier molecular flexibility index (Phi) is 7.82. The smallest absolute Gasteiger partial charge is 0.416 e. The molecule has 11 heteroatoms. The summed E-state index contributed by atoms with van der Waals surface area (Å²) in [6.07, 6.45) is -6.64. The Labute approximate surface area is 171 Å². The normalized spacial score (nSPS) is 12.1. The van der Waals surface area contributed by atoms with Crippen molar-refractivity contribution < 1.29 is 36.6 Å². The number of ether oxygens (including phenoxy) is 2. The Bertz CT molecular complexity index is 777. The van der Waals surface area contributed by atoms with E-state index in [9.17, 15) is 27.2 Å². The number of alkyl halides is 3. The first-order valence-corrected chi connectivity index (χ1v) is 8.86. The molecule has 0 heterocycles. The second-order valence-electron chi connectivity index (χ2n) is 8.22. The van der Waals surface area contributed by atoms with Gasteiger partial charge in [-0.1, -0.05) is 0 Å². The molecule has 0 aliphatic rings. The van der Waals surface area contributed by atoms with Crippen LogP contribution in [0.1, 0.15) is 52.7 Å². The summed E-state index contributed by atoms with van der Waals surface area (Å²) in [5, 5.41) is 4.31. The number of carbonyl (C=O) groups excluding carboxylic acids is 2. The average molecular weight is 435 g/mol. The van der Waals surface area contributed by atoms with Crippen LogP contribution < -0.4 is 10.6 Å². The van der Waals surface area contributed by atoms with E-state index in [1.54, 1.807) is 41.5 Å². The molecule has 0 spiro atoms. The standard InChI is InChI=1S/C19H25F4N3O4/c1-17(2,3)29-15(27)25-14(26-16(28)30-18(4,5)6)24-10-11-9-12(19(21,22)23)7-8-13(11)20/h7-9H,10H2,1-6H3,(H2,24,25,26,27,28). The third-order valence-corrected chi connectivity index (χ3v) is 3.02. The lowest BCUT2D eigenvalue weighted by Gasteiger charge is -2.22. The Hall–Kier alpha value is -2.85. The summed E-state index contributed by atoms with van der Waals surface area (Å²) in [6.45, 7) is 9.00. The van der Waals surface area contributed by atoms with E-state index in [0.29, 0.717) is 18.2 Å². The minimum absolute atomic E-state index is 0.390. The molecule has 0 aromatic heterocycles. The molecule has 2 N–H and O–H groups in total. The molecule has 0 saturated carbocycles. The molecule has 0 bridgehead atoms. The van der Waals surface area contributed by atoms with E-state index in [-0.39, 0.29) is 5.56 Å². The molecule has 7 nitrogen and oxygen atoms in total. The van der Waals surface area contributed by atoms with Crippen molar-refractivity contribution in [2.24, 2.45) is 4.99 Å². The number of carbonyl (C=O) groups is 2. The Morgan fingerprint density at radius 3 is 1.80 bits per heavy atom. The molecule has 0 saturated heterocycles. The first kappa shape index (κ1) is 25.2.